The van der Waals surface area contributed by atoms with Crippen molar-refractivity contribution >= 4 is 11.9 Å². The zero-order chi connectivity index (χ0) is 10.3. The molecule has 0 unspecified atom stereocenters. The van der Waals surface area contributed by atoms with Crippen molar-refractivity contribution in [1.29, 1.82) is 0 Å². The highest BCUT2D eigenvalue weighted by Gasteiger charge is 1.99. The average Bonchev–Trinajstić information content (AvgIpc) is 2.05. The van der Waals surface area contributed by atoms with Crippen LogP contribution in [0.15, 0.2) is 18.6 Å². The van der Waals surface area contributed by atoms with E-state index in [9.17, 15) is 4.79 Å². The maximum atomic E-state index is 10.1. The van der Waals surface area contributed by atoms with E-state index < -0.39 is 11.9 Å². The third-order valence-corrected chi connectivity index (χ3v) is 0.801. The fourth-order valence-corrected chi connectivity index (χ4v) is 0.417. The Morgan fingerprint density at radius 3 is 2.15 bits per heavy atom. The molecule has 0 saturated carbocycles. The molecule has 0 aromatic carbocycles. The molecule has 13 heavy (non-hydrogen) atoms. The van der Waals surface area contributed by atoms with Gasteiger partial charge in [-0.05, 0) is 6.07 Å². The summed E-state index contributed by atoms with van der Waals surface area (Å²) in [5.41, 5.74) is 0.0185. The predicted molar refractivity (Wildman–Crippen MR) is 42.3 cm³/mol. The van der Waals surface area contributed by atoms with Crippen molar-refractivity contribution in [2.24, 2.45) is 0 Å². The zero-order valence-electron chi connectivity index (χ0n) is 6.84. The van der Waals surface area contributed by atoms with Gasteiger partial charge in [0.1, 0.15) is 6.33 Å². The summed E-state index contributed by atoms with van der Waals surface area (Å²) in [6.45, 7) is 1.08. The van der Waals surface area contributed by atoms with Crippen LogP contribution in [0.3, 0.4) is 0 Å². The van der Waals surface area contributed by atoms with E-state index in [0.29, 0.717) is 0 Å². The molecule has 0 aliphatic carbocycles. The number of hydrogen-bond acceptors (Lipinski definition) is 4. The number of rotatable bonds is 1. The first-order valence-electron chi connectivity index (χ1n) is 3.23. The van der Waals surface area contributed by atoms with Gasteiger partial charge in [0.2, 0.25) is 0 Å². The number of aliphatic carboxylic acids is 1. The van der Waals surface area contributed by atoms with E-state index in [-0.39, 0.29) is 5.69 Å². The molecule has 6 nitrogen and oxygen atoms in total. The van der Waals surface area contributed by atoms with Gasteiger partial charge >= 0.3 is 5.97 Å². The summed E-state index contributed by atoms with van der Waals surface area (Å²) in [5.74, 6) is -1.86. The Bertz CT molecular complexity index is 282. The summed E-state index contributed by atoms with van der Waals surface area (Å²) < 4.78 is 0. The van der Waals surface area contributed by atoms with Crippen molar-refractivity contribution in [3.05, 3.63) is 24.3 Å². The van der Waals surface area contributed by atoms with Gasteiger partial charge in [-0.15, -0.1) is 0 Å². The first-order chi connectivity index (χ1) is 6.04. The first-order valence-corrected chi connectivity index (χ1v) is 3.23. The third kappa shape index (κ3) is 6.42. The van der Waals surface area contributed by atoms with Crippen LogP contribution >= 0.6 is 0 Å². The summed E-state index contributed by atoms with van der Waals surface area (Å²) in [6, 6.07) is 1.34. The van der Waals surface area contributed by atoms with Gasteiger partial charge in [-0.1, -0.05) is 0 Å². The maximum Gasteiger partial charge on any atom is 0.354 e. The van der Waals surface area contributed by atoms with Gasteiger partial charge in [-0.25, -0.2) is 14.8 Å². The van der Waals surface area contributed by atoms with Gasteiger partial charge in [-0.3, -0.25) is 4.79 Å². The normalized spacial score (nSPS) is 8.08. The minimum Gasteiger partial charge on any atom is -0.481 e. The summed E-state index contributed by atoms with van der Waals surface area (Å²) in [5, 5.41) is 15.7. The molecule has 0 spiro atoms. The van der Waals surface area contributed by atoms with Crippen LogP contribution in [0.1, 0.15) is 17.4 Å². The van der Waals surface area contributed by atoms with Crippen LogP contribution in [0, 0.1) is 0 Å². The van der Waals surface area contributed by atoms with E-state index in [1.54, 1.807) is 0 Å². The van der Waals surface area contributed by atoms with Gasteiger partial charge in [0.15, 0.2) is 5.69 Å². The third-order valence-electron chi connectivity index (χ3n) is 0.801. The van der Waals surface area contributed by atoms with Crippen LogP contribution in [-0.2, 0) is 4.79 Å². The molecule has 0 saturated heterocycles. The second kappa shape index (κ2) is 5.64. The molecule has 1 rings (SSSR count). The van der Waals surface area contributed by atoms with E-state index in [1.807, 2.05) is 0 Å². The molecule has 1 aromatic rings. The molecule has 1 heterocycles. The number of aromatic carboxylic acids is 1. The van der Waals surface area contributed by atoms with Gasteiger partial charge < -0.3 is 10.2 Å². The quantitative estimate of drug-likeness (QED) is 0.649. The molecule has 0 bridgehead atoms. The van der Waals surface area contributed by atoms with Gasteiger partial charge in [0.05, 0.1) is 0 Å². The van der Waals surface area contributed by atoms with Crippen molar-refractivity contribution < 1.29 is 19.8 Å². The molecular formula is C7H8N2O4. The Labute approximate surface area is 73.9 Å². The van der Waals surface area contributed by atoms with E-state index in [2.05, 4.69) is 9.97 Å². The molecule has 2 N–H and O–H groups in total. The molecule has 0 aliphatic rings. The Balaban J connectivity index is 0.000000310. The summed E-state index contributed by atoms with van der Waals surface area (Å²) in [7, 11) is 0. The summed E-state index contributed by atoms with van der Waals surface area (Å²) in [4.78, 5) is 26.1. The first kappa shape index (κ1) is 11.0. The van der Waals surface area contributed by atoms with Crippen molar-refractivity contribution in [3.8, 4) is 0 Å². The predicted octanol–water partition coefficient (Wildman–Crippen LogP) is 0.266. The smallest absolute Gasteiger partial charge is 0.354 e. The second-order valence-electron chi connectivity index (χ2n) is 1.92. The zero-order valence-corrected chi connectivity index (χ0v) is 6.84. The number of carbonyl (C=O) groups is 2. The Kier molecular flexibility index (Phi) is 4.78. The van der Waals surface area contributed by atoms with Crippen LogP contribution in [0.25, 0.3) is 0 Å². The highest BCUT2D eigenvalue weighted by atomic mass is 16.4. The van der Waals surface area contributed by atoms with Crippen LogP contribution < -0.4 is 0 Å². The van der Waals surface area contributed by atoms with Crippen molar-refractivity contribution in [1.82, 2.24) is 9.97 Å². The lowest BCUT2D eigenvalue weighted by atomic mass is 10.4. The molecule has 0 aliphatic heterocycles. The second-order valence-corrected chi connectivity index (χ2v) is 1.92. The van der Waals surface area contributed by atoms with Crippen molar-refractivity contribution in [2.45, 2.75) is 6.92 Å². The lowest BCUT2D eigenvalue weighted by Gasteiger charge is -1.86. The van der Waals surface area contributed by atoms with Crippen molar-refractivity contribution in [2.75, 3.05) is 0 Å². The standard InChI is InChI=1S/C5H4N2O2.C2H4O2/c8-5(9)4-1-2-6-3-7-4;1-2(3)4/h1-3H,(H,8,9);1H3,(H,3,4). The molecule has 0 amide bonds. The molecule has 0 atom stereocenters. The number of carboxylic acids is 2. The van der Waals surface area contributed by atoms with Crippen LogP contribution in [-0.4, -0.2) is 32.1 Å². The van der Waals surface area contributed by atoms with Crippen LogP contribution in [0.5, 0.6) is 0 Å². The highest BCUT2D eigenvalue weighted by Crippen LogP contribution is 1.87. The van der Waals surface area contributed by atoms with Gasteiger partial charge in [-0.2, -0.15) is 0 Å². The lowest BCUT2D eigenvalue weighted by Crippen LogP contribution is -1.98. The van der Waals surface area contributed by atoms with Gasteiger partial charge in [0.25, 0.3) is 5.97 Å². The minimum absolute atomic E-state index is 0.0185. The Morgan fingerprint density at radius 2 is 1.92 bits per heavy atom. The lowest BCUT2D eigenvalue weighted by molar-refractivity contribution is -0.134. The largest absolute Gasteiger partial charge is 0.481 e. The maximum absolute atomic E-state index is 10.1. The number of aromatic nitrogens is 2. The average molecular weight is 184 g/mol. The molecule has 70 valence electrons. The van der Waals surface area contributed by atoms with Gasteiger partial charge in [0, 0.05) is 13.1 Å². The Hall–Kier alpha value is -1.98. The molecular weight excluding hydrogens is 176 g/mol. The van der Waals surface area contributed by atoms with E-state index >= 15 is 0 Å². The van der Waals surface area contributed by atoms with Crippen molar-refractivity contribution in [3.63, 3.8) is 0 Å². The van der Waals surface area contributed by atoms with E-state index in [4.69, 9.17) is 15.0 Å². The topological polar surface area (TPSA) is 100 Å². The fourth-order valence-electron chi connectivity index (χ4n) is 0.417. The monoisotopic (exact) mass is 184 g/mol. The Morgan fingerprint density at radius 1 is 1.38 bits per heavy atom. The fraction of sp³-hybridized carbons (Fsp3) is 0.143. The highest BCUT2D eigenvalue weighted by molar-refractivity contribution is 5.84. The minimum atomic E-state index is -1.03. The molecule has 0 radical (unpaired) electrons. The van der Waals surface area contributed by atoms with Crippen LogP contribution in [0.2, 0.25) is 0 Å². The number of hydrogen-bond donors (Lipinski definition) is 2. The molecule has 1 aromatic heterocycles. The van der Waals surface area contributed by atoms with E-state index in [1.165, 1.54) is 18.6 Å². The summed E-state index contributed by atoms with van der Waals surface area (Å²) in [6.07, 6.45) is 2.58. The molecule has 0 fully saturated rings. The van der Waals surface area contributed by atoms with E-state index in [0.717, 1.165) is 6.92 Å². The number of carboxylic acid groups (broad SMARTS) is 2. The number of nitrogens with zero attached hydrogens (tertiary/aromatic N) is 2. The van der Waals surface area contributed by atoms with Crippen LogP contribution in [0.4, 0.5) is 0 Å². The molecule has 6 heteroatoms. The SMILES string of the molecule is CC(=O)O.O=C(O)c1ccncn1. The summed E-state index contributed by atoms with van der Waals surface area (Å²) >= 11 is 0.